The van der Waals surface area contributed by atoms with Crippen molar-refractivity contribution >= 4 is 17.6 Å². The number of carbonyl (C=O) groups is 2. The highest BCUT2D eigenvalue weighted by atomic mass is 16.2. The van der Waals surface area contributed by atoms with Gasteiger partial charge in [-0.2, -0.15) is 10.1 Å². The van der Waals surface area contributed by atoms with Crippen LogP contribution in [0.1, 0.15) is 23.4 Å². The first-order valence-electron chi connectivity index (χ1n) is 6.20. The average Bonchev–Trinajstić information content (AvgIpc) is 2.84. The summed E-state index contributed by atoms with van der Waals surface area (Å²) in [7, 11) is 0. The monoisotopic (exact) mass is 276 g/mol. The standard InChI is InChI=1S/C12H16N6O2/c1-7-9(3-4-11(20)14-5-10(13)19)8(2)18-12(17-7)15-6-16-18/h6H,3-5H2,1-2H3,(H2,13,19)(H,14,20). The molecule has 0 atom stereocenters. The lowest BCUT2D eigenvalue weighted by atomic mass is 10.1. The van der Waals surface area contributed by atoms with Gasteiger partial charge in [-0.1, -0.05) is 0 Å². The number of primary amides is 1. The fraction of sp³-hybridized carbons (Fsp3) is 0.417. The van der Waals surface area contributed by atoms with Gasteiger partial charge in [0.05, 0.1) is 6.54 Å². The molecule has 2 heterocycles. The molecular formula is C12H16N6O2. The number of hydrogen-bond acceptors (Lipinski definition) is 5. The van der Waals surface area contributed by atoms with Crippen LogP contribution in [0, 0.1) is 13.8 Å². The lowest BCUT2D eigenvalue weighted by Crippen LogP contribution is -2.33. The summed E-state index contributed by atoms with van der Waals surface area (Å²) in [6, 6.07) is 0. The van der Waals surface area contributed by atoms with Crippen LogP contribution in [0.15, 0.2) is 6.33 Å². The normalized spacial score (nSPS) is 10.7. The molecule has 8 nitrogen and oxygen atoms in total. The van der Waals surface area contributed by atoms with E-state index in [1.165, 1.54) is 6.33 Å². The Morgan fingerprint density at radius 1 is 1.40 bits per heavy atom. The third kappa shape index (κ3) is 2.90. The van der Waals surface area contributed by atoms with Crippen LogP contribution in [0.5, 0.6) is 0 Å². The van der Waals surface area contributed by atoms with E-state index in [-0.39, 0.29) is 18.9 Å². The number of nitrogens with one attached hydrogen (secondary N) is 1. The number of rotatable bonds is 5. The van der Waals surface area contributed by atoms with Crippen molar-refractivity contribution in [3.8, 4) is 0 Å². The molecule has 2 aromatic rings. The number of amides is 2. The van der Waals surface area contributed by atoms with Gasteiger partial charge in [-0.15, -0.1) is 0 Å². The van der Waals surface area contributed by atoms with Gasteiger partial charge < -0.3 is 11.1 Å². The second-order valence-electron chi connectivity index (χ2n) is 4.48. The summed E-state index contributed by atoms with van der Waals surface area (Å²) in [6.07, 6.45) is 2.22. The molecule has 0 aliphatic carbocycles. The Hall–Kier alpha value is -2.51. The van der Waals surface area contributed by atoms with E-state index >= 15 is 0 Å². The Morgan fingerprint density at radius 3 is 2.85 bits per heavy atom. The molecule has 106 valence electrons. The first-order chi connectivity index (χ1) is 9.49. The fourth-order valence-corrected chi connectivity index (χ4v) is 2.03. The van der Waals surface area contributed by atoms with Crippen molar-refractivity contribution in [3.05, 3.63) is 23.3 Å². The molecule has 8 heteroatoms. The van der Waals surface area contributed by atoms with Crippen LogP contribution >= 0.6 is 0 Å². The topological polar surface area (TPSA) is 115 Å². The Balaban J connectivity index is 2.09. The number of carbonyl (C=O) groups excluding carboxylic acids is 2. The molecule has 0 radical (unpaired) electrons. The highest BCUT2D eigenvalue weighted by Crippen LogP contribution is 2.14. The van der Waals surface area contributed by atoms with Crippen LogP contribution in [-0.4, -0.2) is 37.9 Å². The summed E-state index contributed by atoms with van der Waals surface area (Å²) in [5.41, 5.74) is 7.65. The van der Waals surface area contributed by atoms with Crippen molar-refractivity contribution in [2.75, 3.05) is 6.54 Å². The van der Waals surface area contributed by atoms with E-state index in [9.17, 15) is 9.59 Å². The molecule has 3 N–H and O–H groups in total. The second-order valence-corrected chi connectivity index (χ2v) is 4.48. The number of hydrogen-bond donors (Lipinski definition) is 2. The van der Waals surface area contributed by atoms with Gasteiger partial charge in [-0.25, -0.2) is 9.50 Å². The van der Waals surface area contributed by atoms with Crippen LogP contribution in [0.4, 0.5) is 0 Å². The molecule has 2 amide bonds. The minimum atomic E-state index is -0.559. The van der Waals surface area contributed by atoms with Gasteiger partial charge >= 0.3 is 0 Å². The Labute approximate surface area is 115 Å². The van der Waals surface area contributed by atoms with Crippen LogP contribution in [0.3, 0.4) is 0 Å². The number of aryl methyl sites for hydroxylation is 2. The number of aromatic nitrogens is 4. The highest BCUT2D eigenvalue weighted by Gasteiger charge is 2.12. The molecule has 0 aromatic carbocycles. The van der Waals surface area contributed by atoms with Crippen molar-refractivity contribution in [1.29, 1.82) is 0 Å². The highest BCUT2D eigenvalue weighted by molar-refractivity contribution is 5.83. The summed E-state index contributed by atoms with van der Waals surface area (Å²) >= 11 is 0. The SMILES string of the molecule is Cc1nc2ncnn2c(C)c1CCC(=O)NCC(N)=O. The molecular weight excluding hydrogens is 260 g/mol. The lowest BCUT2D eigenvalue weighted by Gasteiger charge is -2.10. The zero-order valence-electron chi connectivity index (χ0n) is 11.4. The van der Waals surface area contributed by atoms with Gasteiger partial charge in [0.15, 0.2) is 0 Å². The predicted octanol–water partition coefficient (Wildman–Crippen LogP) is -0.725. The Kier molecular flexibility index (Phi) is 3.92. The molecule has 0 saturated heterocycles. The second kappa shape index (κ2) is 5.64. The summed E-state index contributed by atoms with van der Waals surface area (Å²) in [4.78, 5) is 30.5. The van der Waals surface area contributed by atoms with E-state index in [0.29, 0.717) is 12.2 Å². The smallest absolute Gasteiger partial charge is 0.252 e. The van der Waals surface area contributed by atoms with Crippen molar-refractivity contribution in [2.24, 2.45) is 5.73 Å². The first-order valence-corrected chi connectivity index (χ1v) is 6.20. The minimum Gasteiger partial charge on any atom is -0.368 e. The van der Waals surface area contributed by atoms with Crippen molar-refractivity contribution < 1.29 is 9.59 Å². The van der Waals surface area contributed by atoms with E-state index < -0.39 is 5.91 Å². The fourth-order valence-electron chi connectivity index (χ4n) is 2.03. The van der Waals surface area contributed by atoms with E-state index in [1.54, 1.807) is 4.52 Å². The largest absolute Gasteiger partial charge is 0.368 e. The molecule has 0 fully saturated rings. The molecule has 0 unspecified atom stereocenters. The van der Waals surface area contributed by atoms with Gasteiger partial charge in [0, 0.05) is 17.8 Å². The Morgan fingerprint density at radius 2 is 2.15 bits per heavy atom. The first kappa shape index (κ1) is 13.9. The van der Waals surface area contributed by atoms with E-state index in [2.05, 4.69) is 20.4 Å². The summed E-state index contributed by atoms with van der Waals surface area (Å²) in [5.74, 6) is -0.236. The number of nitrogens with zero attached hydrogens (tertiary/aromatic N) is 4. The van der Waals surface area contributed by atoms with Gasteiger partial charge in [0.1, 0.15) is 6.33 Å². The van der Waals surface area contributed by atoms with Crippen LogP contribution < -0.4 is 11.1 Å². The molecule has 20 heavy (non-hydrogen) atoms. The number of nitrogens with two attached hydrogens (primary N) is 1. The summed E-state index contributed by atoms with van der Waals surface area (Å²) < 4.78 is 1.64. The molecule has 0 spiro atoms. The predicted molar refractivity (Wildman–Crippen MR) is 70.8 cm³/mol. The molecule has 0 aliphatic heterocycles. The van der Waals surface area contributed by atoms with Crippen molar-refractivity contribution in [3.63, 3.8) is 0 Å². The zero-order valence-corrected chi connectivity index (χ0v) is 11.4. The number of fused-ring (bicyclic) bond motifs is 1. The average molecular weight is 276 g/mol. The van der Waals surface area contributed by atoms with E-state index in [0.717, 1.165) is 17.0 Å². The minimum absolute atomic E-state index is 0.142. The molecule has 0 aliphatic rings. The van der Waals surface area contributed by atoms with E-state index in [1.807, 2.05) is 13.8 Å². The summed E-state index contributed by atoms with van der Waals surface area (Å²) in [5, 5.41) is 6.54. The molecule has 0 bridgehead atoms. The maximum Gasteiger partial charge on any atom is 0.252 e. The molecule has 2 rings (SSSR count). The zero-order chi connectivity index (χ0) is 14.7. The third-order valence-corrected chi connectivity index (χ3v) is 3.05. The third-order valence-electron chi connectivity index (χ3n) is 3.05. The van der Waals surface area contributed by atoms with Gasteiger partial charge in [-0.3, -0.25) is 9.59 Å². The molecule has 2 aromatic heterocycles. The Bertz CT molecular complexity index is 663. The van der Waals surface area contributed by atoms with Gasteiger partial charge in [0.25, 0.3) is 5.78 Å². The van der Waals surface area contributed by atoms with Crippen molar-refractivity contribution in [1.82, 2.24) is 24.9 Å². The lowest BCUT2D eigenvalue weighted by molar-refractivity contribution is -0.124. The van der Waals surface area contributed by atoms with E-state index in [4.69, 9.17) is 5.73 Å². The van der Waals surface area contributed by atoms with Crippen LogP contribution in [0.2, 0.25) is 0 Å². The van der Waals surface area contributed by atoms with Crippen molar-refractivity contribution in [2.45, 2.75) is 26.7 Å². The maximum atomic E-state index is 11.6. The molecule has 0 saturated carbocycles. The quantitative estimate of drug-likeness (QED) is 0.747. The van der Waals surface area contributed by atoms with Gasteiger partial charge in [-0.05, 0) is 25.8 Å². The maximum absolute atomic E-state index is 11.6. The summed E-state index contributed by atoms with van der Waals surface area (Å²) in [6.45, 7) is 3.64. The van der Waals surface area contributed by atoms with Crippen LogP contribution in [0.25, 0.3) is 5.78 Å². The van der Waals surface area contributed by atoms with Gasteiger partial charge in [0.2, 0.25) is 11.8 Å². The van der Waals surface area contributed by atoms with Crippen LogP contribution in [-0.2, 0) is 16.0 Å².